The van der Waals surface area contributed by atoms with Gasteiger partial charge in [-0.2, -0.15) is 0 Å². The zero-order valence-corrected chi connectivity index (χ0v) is 14.6. The fourth-order valence-electron chi connectivity index (χ4n) is 2.68. The Morgan fingerprint density at radius 2 is 1.42 bits per heavy atom. The molecule has 0 aliphatic heterocycles. The lowest BCUT2D eigenvalue weighted by Crippen LogP contribution is -2.16. The van der Waals surface area contributed by atoms with E-state index in [4.69, 9.17) is 4.74 Å². The maximum absolute atomic E-state index is 12.3. The van der Waals surface area contributed by atoms with E-state index in [1.54, 1.807) is 0 Å². The first-order valence-corrected chi connectivity index (χ1v) is 8.57. The van der Waals surface area contributed by atoms with Crippen molar-refractivity contribution in [3.8, 4) is 11.1 Å². The van der Waals surface area contributed by atoms with Crippen molar-refractivity contribution in [2.45, 2.75) is 13.0 Å². The highest BCUT2D eigenvalue weighted by Crippen LogP contribution is 2.22. The molecule has 0 fully saturated rings. The minimum absolute atomic E-state index is 0.412. The molecule has 3 nitrogen and oxygen atoms in total. The third-order valence-electron chi connectivity index (χ3n) is 3.97. The Hall–Kier alpha value is -3.33. The molecule has 0 radical (unpaired) electrons. The maximum Gasteiger partial charge on any atom is 0.412 e. The van der Waals surface area contributed by atoms with E-state index in [1.165, 1.54) is 0 Å². The van der Waals surface area contributed by atoms with Gasteiger partial charge in [-0.25, -0.2) is 4.79 Å². The van der Waals surface area contributed by atoms with Crippen molar-refractivity contribution in [2.75, 3.05) is 5.32 Å². The summed E-state index contributed by atoms with van der Waals surface area (Å²) in [5, 5.41) is 2.78. The van der Waals surface area contributed by atoms with Crippen LogP contribution in [0.5, 0.6) is 0 Å². The van der Waals surface area contributed by atoms with Crippen molar-refractivity contribution in [2.24, 2.45) is 0 Å². The molecule has 1 atom stereocenters. The summed E-state index contributed by atoms with van der Waals surface area (Å²) < 4.78 is 5.56. The number of nitrogens with one attached hydrogen (secondary N) is 1. The molecule has 0 saturated carbocycles. The summed E-state index contributed by atoms with van der Waals surface area (Å²) in [5.41, 5.74) is 3.86. The summed E-state index contributed by atoms with van der Waals surface area (Å²) >= 11 is 0. The van der Waals surface area contributed by atoms with E-state index in [1.807, 2.05) is 91.9 Å². The Balaban J connectivity index is 1.65. The summed E-state index contributed by atoms with van der Waals surface area (Å²) in [6.45, 7) is 1.90. The van der Waals surface area contributed by atoms with Crippen molar-refractivity contribution in [3.63, 3.8) is 0 Å². The van der Waals surface area contributed by atoms with E-state index in [-0.39, 0.29) is 0 Å². The molecule has 3 aromatic rings. The smallest absolute Gasteiger partial charge is 0.412 e. The van der Waals surface area contributed by atoms with Gasteiger partial charge < -0.3 is 4.74 Å². The molecule has 1 N–H and O–H groups in total. The van der Waals surface area contributed by atoms with Gasteiger partial charge in [0.1, 0.15) is 6.10 Å². The van der Waals surface area contributed by atoms with Crippen LogP contribution >= 0.6 is 0 Å². The molecular formula is C23H21NO2. The minimum Gasteiger partial charge on any atom is -0.437 e. The van der Waals surface area contributed by atoms with Crippen LogP contribution in [0.25, 0.3) is 11.1 Å². The Morgan fingerprint density at radius 1 is 0.846 bits per heavy atom. The standard InChI is InChI=1S/C23H21NO2/c1-2-9-22(20-12-7-4-8-13-20)26-23(25)24-21-16-14-19(15-17-21)18-10-5-3-6-11-18/h2-17,22H,1H3,(H,24,25)/b9-2+/t22-/m1/s1. The fraction of sp³-hybridized carbons (Fsp3) is 0.0870. The molecule has 3 aromatic carbocycles. The molecule has 0 aromatic heterocycles. The monoisotopic (exact) mass is 343 g/mol. The Bertz CT molecular complexity index is 856. The molecular weight excluding hydrogens is 322 g/mol. The van der Waals surface area contributed by atoms with Crippen LogP contribution in [0, 0.1) is 0 Å². The van der Waals surface area contributed by atoms with Crippen LogP contribution in [0.3, 0.4) is 0 Å². The number of carbonyl (C=O) groups is 1. The Morgan fingerprint density at radius 3 is 2.04 bits per heavy atom. The van der Waals surface area contributed by atoms with Crippen molar-refractivity contribution >= 4 is 11.8 Å². The van der Waals surface area contributed by atoms with E-state index in [0.717, 1.165) is 16.7 Å². The number of carbonyl (C=O) groups excluding carboxylic acids is 1. The lowest BCUT2D eigenvalue weighted by Gasteiger charge is -2.15. The van der Waals surface area contributed by atoms with Gasteiger partial charge >= 0.3 is 6.09 Å². The molecule has 0 spiro atoms. The van der Waals surface area contributed by atoms with Gasteiger partial charge in [0.25, 0.3) is 0 Å². The molecule has 0 unspecified atom stereocenters. The number of rotatable bonds is 5. The summed E-state index contributed by atoms with van der Waals surface area (Å²) in [6.07, 6.45) is 2.83. The minimum atomic E-state index is -0.482. The Kier molecular flexibility index (Phi) is 5.84. The molecule has 3 heteroatoms. The second kappa shape index (κ2) is 8.67. The zero-order chi connectivity index (χ0) is 18.2. The fourth-order valence-corrected chi connectivity index (χ4v) is 2.68. The summed E-state index contributed by atoms with van der Waals surface area (Å²) in [6, 6.07) is 27.5. The lowest BCUT2D eigenvalue weighted by molar-refractivity contribution is 0.134. The number of amides is 1. The summed E-state index contributed by atoms with van der Waals surface area (Å²) in [5.74, 6) is 0. The van der Waals surface area contributed by atoms with E-state index >= 15 is 0 Å². The average molecular weight is 343 g/mol. The molecule has 130 valence electrons. The predicted molar refractivity (Wildman–Crippen MR) is 106 cm³/mol. The number of allylic oxidation sites excluding steroid dienone is 1. The highest BCUT2D eigenvalue weighted by molar-refractivity contribution is 5.85. The van der Waals surface area contributed by atoms with Gasteiger partial charge in [0, 0.05) is 5.69 Å². The van der Waals surface area contributed by atoms with Crippen molar-refractivity contribution in [1.29, 1.82) is 0 Å². The quantitative estimate of drug-likeness (QED) is 0.559. The zero-order valence-electron chi connectivity index (χ0n) is 14.6. The average Bonchev–Trinajstić information content (AvgIpc) is 2.69. The maximum atomic E-state index is 12.3. The number of hydrogen-bond donors (Lipinski definition) is 1. The van der Waals surface area contributed by atoms with Crippen LogP contribution in [0.1, 0.15) is 18.6 Å². The van der Waals surface area contributed by atoms with E-state index in [2.05, 4.69) is 17.4 Å². The van der Waals surface area contributed by atoms with E-state index in [9.17, 15) is 4.79 Å². The normalized spacial score (nSPS) is 11.9. The SMILES string of the molecule is C/C=C/[C@@H](OC(=O)Nc1ccc(-c2ccccc2)cc1)c1ccccc1. The summed E-state index contributed by atoms with van der Waals surface area (Å²) in [7, 11) is 0. The van der Waals surface area contributed by atoms with Gasteiger partial charge in [-0.1, -0.05) is 78.9 Å². The molecule has 3 rings (SSSR count). The molecule has 0 saturated heterocycles. The molecule has 0 aliphatic rings. The van der Waals surface area contributed by atoms with Crippen molar-refractivity contribution in [1.82, 2.24) is 0 Å². The van der Waals surface area contributed by atoms with Gasteiger partial charge in [0.05, 0.1) is 0 Å². The third-order valence-corrected chi connectivity index (χ3v) is 3.97. The largest absolute Gasteiger partial charge is 0.437 e. The van der Waals surface area contributed by atoms with Gasteiger partial charge in [0.2, 0.25) is 0 Å². The van der Waals surface area contributed by atoms with Crippen LogP contribution in [-0.2, 0) is 4.74 Å². The van der Waals surface area contributed by atoms with Gasteiger partial charge in [-0.15, -0.1) is 0 Å². The van der Waals surface area contributed by atoms with Crippen molar-refractivity contribution in [3.05, 3.63) is 103 Å². The molecule has 0 aliphatic carbocycles. The van der Waals surface area contributed by atoms with Gasteiger partial charge in [0.15, 0.2) is 0 Å². The number of anilines is 1. The Labute approximate surface area is 154 Å². The highest BCUT2D eigenvalue weighted by atomic mass is 16.6. The van der Waals surface area contributed by atoms with Crippen LogP contribution in [0.15, 0.2) is 97.1 Å². The highest BCUT2D eigenvalue weighted by Gasteiger charge is 2.13. The van der Waals surface area contributed by atoms with Crippen LogP contribution < -0.4 is 5.32 Å². The number of ether oxygens (including phenoxy) is 1. The molecule has 1 amide bonds. The molecule has 0 bridgehead atoms. The lowest BCUT2D eigenvalue weighted by atomic mass is 10.1. The van der Waals surface area contributed by atoms with Gasteiger partial charge in [-0.05, 0) is 41.8 Å². The van der Waals surface area contributed by atoms with E-state index < -0.39 is 12.2 Å². The number of benzene rings is 3. The third kappa shape index (κ3) is 4.61. The second-order valence-corrected chi connectivity index (χ2v) is 5.83. The topological polar surface area (TPSA) is 38.3 Å². The van der Waals surface area contributed by atoms with Crippen LogP contribution in [-0.4, -0.2) is 6.09 Å². The molecule has 0 heterocycles. The number of hydrogen-bond acceptors (Lipinski definition) is 2. The second-order valence-electron chi connectivity index (χ2n) is 5.83. The summed E-state index contributed by atoms with van der Waals surface area (Å²) in [4.78, 5) is 12.3. The molecule has 26 heavy (non-hydrogen) atoms. The van der Waals surface area contributed by atoms with Crippen LogP contribution in [0.4, 0.5) is 10.5 Å². The first-order valence-electron chi connectivity index (χ1n) is 8.57. The first kappa shape index (κ1) is 17.5. The van der Waals surface area contributed by atoms with Crippen molar-refractivity contribution < 1.29 is 9.53 Å². The first-order chi connectivity index (χ1) is 12.8. The predicted octanol–water partition coefficient (Wildman–Crippen LogP) is 6.22. The van der Waals surface area contributed by atoms with E-state index in [0.29, 0.717) is 5.69 Å². The van der Waals surface area contributed by atoms with Crippen LogP contribution in [0.2, 0.25) is 0 Å². The van der Waals surface area contributed by atoms with Gasteiger partial charge in [-0.3, -0.25) is 5.32 Å².